The van der Waals surface area contributed by atoms with Gasteiger partial charge in [0.2, 0.25) is 5.91 Å². The highest BCUT2D eigenvalue weighted by Gasteiger charge is 2.12. The van der Waals surface area contributed by atoms with Crippen molar-refractivity contribution in [2.75, 3.05) is 52.4 Å². The highest BCUT2D eigenvalue weighted by Crippen LogP contribution is 2.13. The summed E-state index contributed by atoms with van der Waals surface area (Å²) >= 11 is 0. The highest BCUT2D eigenvalue weighted by molar-refractivity contribution is 5.76. The van der Waals surface area contributed by atoms with Gasteiger partial charge in [-0.2, -0.15) is 0 Å². The van der Waals surface area contributed by atoms with E-state index in [4.69, 9.17) is 0 Å². The third-order valence-electron chi connectivity index (χ3n) is 5.92. The first-order chi connectivity index (χ1) is 14.3. The lowest BCUT2D eigenvalue weighted by atomic mass is 10.0. The van der Waals surface area contributed by atoms with Crippen molar-refractivity contribution >= 4 is 5.91 Å². The van der Waals surface area contributed by atoms with Crippen LogP contribution < -0.4 is 16.0 Å². The molecule has 5 heteroatoms. The molecule has 0 spiro atoms. The zero-order valence-corrected chi connectivity index (χ0v) is 19.4. The van der Waals surface area contributed by atoms with Crippen molar-refractivity contribution in [2.45, 2.75) is 96.8 Å². The van der Waals surface area contributed by atoms with Crippen molar-refractivity contribution in [1.82, 2.24) is 20.9 Å². The first kappa shape index (κ1) is 26.4. The molecular formula is C24H50N4O. The van der Waals surface area contributed by atoms with Gasteiger partial charge in [0.25, 0.3) is 0 Å². The zero-order chi connectivity index (χ0) is 20.8. The molecule has 0 aromatic heterocycles. The Kier molecular flexibility index (Phi) is 18.8. The van der Waals surface area contributed by atoms with Crippen molar-refractivity contribution in [3.05, 3.63) is 0 Å². The standard InChI is InChI=1S/C24H50N4O/c1-2-3-4-5-6-7-8-9-10-11-12-13-14-15-24(29)28-22-20-26-18-16-25-17-19-27-21-23-28/h25-27H,2-23H2,1H3. The average molecular weight is 411 g/mol. The molecule has 172 valence electrons. The summed E-state index contributed by atoms with van der Waals surface area (Å²) in [4.78, 5) is 14.6. The minimum Gasteiger partial charge on any atom is -0.340 e. The molecule has 0 radical (unpaired) electrons. The molecule has 1 fully saturated rings. The van der Waals surface area contributed by atoms with E-state index in [2.05, 4.69) is 27.8 Å². The second kappa shape index (κ2) is 20.6. The van der Waals surface area contributed by atoms with E-state index < -0.39 is 0 Å². The fourth-order valence-corrected chi connectivity index (χ4v) is 3.97. The predicted molar refractivity (Wildman–Crippen MR) is 126 cm³/mol. The molecule has 0 bridgehead atoms. The maximum Gasteiger partial charge on any atom is 0.222 e. The number of nitrogens with zero attached hydrogens (tertiary/aromatic N) is 1. The molecule has 1 rings (SSSR count). The third kappa shape index (κ3) is 16.8. The van der Waals surface area contributed by atoms with Crippen molar-refractivity contribution in [3.8, 4) is 0 Å². The fraction of sp³-hybridized carbons (Fsp3) is 0.958. The van der Waals surface area contributed by atoms with Gasteiger partial charge in [-0.25, -0.2) is 0 Å². The lowest BCUT2D eigenvalue weighted by molar-refractivity contribution is -0.131. The monoisotopic (exact) mass is 410 g/mol. The Morgan fingerprint density at radius 2 is 0.966 bits per heavy atom. The van der Waals surface area contributed by atoms with Crippen molar-refractivity contribution < 1.29 is 4.79 Å². The predicted octanol–water partition coefficient (Wildman–Crippen LogP) is 4.08. The summed E-state index contributed by atoms with van der Waals surface area (Å²) in [7, 11) is 0. The zero-order valence-electron chi connectivity index (χ0n) is 19.4. The summed E-state index contributed by atoms with van der Waals surface area (Å²) < 4.78 is 0. The van der Waals surface area contributed by atoms with E-state index in [0.717, 1.165) is 65.2 Å². The molecule has 0 saturated carbocycles. The number of carbonyl (C=O) groups is 1. The molecule has 0 atom stereocenters. The van der Waals surface area contributed by atoms with Crippen LogP contribution in [0.15, 0.2) is 0 Å². The van der Waals surface area contributed by atoms with Gasteiger partial charge < -0.3 is 20.9 Å². The van der Waals surface area contributed by atoms with Gasteiger partial charge in [0.1, 0.15) is 0 Å². The highest BCUT2D eigenvalue weighted by atomic mass is 16.2. The van der Waals surface area contributed by atoms with Gasteiger partial charge in [-0.15, -0.1) is 0 Å². The van der Waals surface area contributed by atoms with Gasteiger partial charge >= 0.3 is 0 Å². The average Bonchev–Trinajstić information content (AvgIpc) is 2.71. The number of nitrogens with one attached hydrogen (secondary N) is 3. The normalized spacial score (nSPS) is 16.9. The molecule has 5 nitrogen and oxygen atoms in total. The molecule has 1 amide bonds. The third-order valence-corrected chi connectivity index (χ3v) is 5.92. The summed E-state index contributed by atoms with van der Waals surface area (Å²) in [5, 5.41) is 10.3. The number of carbonyl (C=O) groups excluding carboxylic acids is 1. The van der Waals surface area contributed by atoms with Crippen LogP contribution in [0.1, 0.15) is 96.8 Å². The van der Waals surface area contributed by atoms with E-state index in [-0.39, 0.29) is 0 Å². The van der Waals surface area contributed by atoms with Crippen molar-refractivity contribution in [2.24, 2.45) is 0 Å². The molecule has 0 aromatic carbocycles. The van der Waals surface area contributed by atoms with Gasteiger partial charge in [0.15, 0.2) is 0 Å². The molecule has 1 heterocycles. The molecule has 0 aliphatic carbocycles. The van der Waals surface area contributed by atoms with E-state index in [9.17, 15) is 4.79 Å². The van der Waals surface area contributed by atoms with Crippen molar-refractivity contribution in [1.29, 1.82) is 0 Å². The summed E-state index contributed by atoms with van der Waals surface area (Å²) in [6.45, 7) is 9.67. The summed E-state index contributed by atoms with van der Waals surface area (Å²) in [6, 6.07) is 0. The van der Waals surface area contributed by atoms with Crippen LogP contribution >= 0.6 is 0 Å². The summed E-state index contributed by atoms with van der Waals surface area (Å²) in [5.41, 5.74) is 0. The van der Waals surface area contributed by atoms with Crippen molar-refractivity contribution in [3.63, 3.8) is 0 Å². The molecule has 0 aromatic rings. The quantitative estimate of drug-likeness (QED) is 0.378. The van der Waals surface area contributed by atoms with Crippen LogP contribution in [0.5, 0.6) is 0 Å². The Bertz CT molecular complexity index is 353. The van der Waals surface area contributed by atoms with Gasteiger partial charge in [-0.1, -0.05) is 84.0 Å². The van der Waals surface area contributed by atoms with Crippen LogP contribution in [-0.2, 0) is 4.79 Å². The molecule has 0 unspecified atom stereocenters. The van der Waals surface area contributed by atoms with Gasteiger partial charge in [0.05, 0.1) is 0 Å². The maximum atomic E-state index is 12.6. The van der Waals surface area contributed by atoms with E-state index in [1.807, 2.05) is 0 Å². The van der Waals surface area contributed by atoms with Crippen LogP contribution in [0.25, 0.3) is 0 Å². The Morgan fingerprint density at radius 1 is 0.586 bits per heavy atom. The Balaban J connectivity index is 1.97. The molecule has 29 heavy (non-hydrogen) atoms. The summed E-state index contributed by atoms with van der Waals surface area (Å²) in [5.74, 6) is 0.340. The molecule has 3 N–H and O–H groups in total. The largest absolute Gasteiger partial charge is 0.340 e. The van der Waals surface area contributed by atoms with Gasteiger partial charge in [-0.3, -0.25) is 4.79 Å². The maximum absolute atomic E-state index is 12.6. The second-order valence-electron chi connectivity index (χ2n) is 8.62. The van der Waals surface area contributed by atoms with Crippen LogP contribution in [0.2, 0.25) is 0 Å². The minimum atomic E-state index is 0.340. The SMILES string of the molecule is CCCCCCCCCCCCCCCC(=O)N1CCNCCNCCNCC1. The Morgan fingerprint density at radius 3 is 1.41 bits per heavy atom. The number of unbranched alkanes of at least 4 members (excludes halogenated alkanes) is 12. The fourth-order valence-electron chi connectivity index (χ4n) is 3.97. The number of hydrogen-bond donors (Lipinski definition) is 3. The molecule has 1 aliphatic rings. The first-order valence-electron chi connectivity index (χ1n) is 12.7. The lowest BCUT2D eigenvalue weighted by Gasteiger charge is -2.24. The summed E-state index contributed by atoms with van der Waals surface area (Å²) in [6.07, 6.45) is 18.3. The van der Waals surface area contributed by atoms with E-state index in [0.29, 0.717) is 5.91 Å². The molecular weight excluding hydrogens is 360 g/mol. The Hall–Kier alpha value is -0.650. The number of amides is 1. The van der Waals surface area contributed by atoms with Gasteiger partial charge in [-0.05, 0) is 6.42 Å². The second-order valence-corrected chi connectivity index (χ2v) is 8.62. The smallest absolute Gasteiger partial charge is 0.222 e. The number of rotatable bonds is 14. The molecule has 1 saturated heterocycles. The van der Waals surface area contributed by atoms with E-state index in [1.54, 1.807) is 0 Å². The van der Waals surface area contributed by atoms with Crippen LogP contribution in [0, 0.1) is 0 Å². The topological polar surface area (TPSA) is 56.4 Å². The lowest BCUT2D eigenvalue weighted by Crippen LogP contribution is -2.44. The Labute approximate surface area is 181 Å². The van der Waals surface area contributed by atoms with E-state index in [1.165, 1.54) is 77.0 Å². The minimum absolute atomic E-state index is 0.340. The molecule has 1 aliphatic heterocycles. The van der Waals surface area contributed by atoms with Crippen LogP contribution in [0.4, 0.5) is 0 Å². The van der Waals surface area contributed by atoms with E-state index >= 15 is 0 Å². The van der Waals surface area contributed by atoms with Crippen LogP contribution in [-0.4, -0.2) is 63.2 Å². The van der Waals surface area contributed by atoms with Crippen LogP contribution in [0.3, 0.4) is 0 Å². The number of hydrogen-bond acceptors (Lipinski definition) is 4. The van der Waals surface area contributed by atoms with Gasteiger partial charge in [0, 0.05) is 58.8 Å². The first-order valence-corrected chi connectivity index (χ1v) is 12.7.